The number of rotatable bonds is 6. The molecular formula is C15H24ClNO. The topological polar surface area (TPSA) is 35.2 Å². The lowest BCUT2D eigenvalue weighted by molar-refractivity contribution is 0.242. The van der Waals surface area contributed by atoms with Crippen LogP contribution < -0.4 is 10.5 Å². The normalized spacial score (nSPS) is 13.1. The number of halogens is 1. The molecule has 1 aromatic rings. The van der Waals surface area contributed by atoms with E-state index in [0.717, 1.165) is 12.2 Å². The van der Waals surface area contributed by atoms with E-state index in [4.69, 9.17) is 22.1 Å². The van der Waals surface area contributed by atoms with Crippen molar-refractivity contribution < 1.29 is 4.74 Å². The van der Waals surface area contributed by atoms with Crippen molar-refractivity contribution in [2.75, 3.05) is 6.54 Å². The van der Waals surface area contributed by atoms with E-state index >= 15 is 0 Å². The predicted molar refractivity (Wildman–Crippen MR) is 78.5 cm³/mol. The summed E-state index contributed by atoms with van der Waals surface area (Å²) >= 11 is 6.27. The standard InChI is InChI=1S/C15H24ClNO/c1-10(2)13(7-8-17)12-5-6-15(14(16)9-12)18-11(3)4/h5-6,9-11,13H,7-8,17H2,1-4H3. The van der Waals surface area contributed by atoms with Gasteiger partial charge in [-0.25, -0.2) is 0 Å². The Morgan fingerprint density at radius 2 is 1.89 bits per heavy atom. The number of hydrogen-bond acceptors (Lipinski definition) is 2. The summed E-state index contributed by atoms with van der Waals surface area (Å²) in [4.78, 5) is 0. The van der Waals surface area contributed by atoms with Crippen LogP contribution in [0.5, 0.6) is 5.75 Å². The second kappa shape index (κ2) is 7.01. The van der Waals surface area contributed by atoms with E-state index in [1.165, 1.54) is 5.56 Å². The predicted octanol–water partition coefficient (Wildman–Crippen LogP) is 4.22. The second-order valence-corrected chi connectivity index (χ2v) is 5.69. The van der Waals surface area contributed by atoms with Gasteiger partial charge in [-0.3, -0.25) is 0 Å². The second-order valence-electron chi connectivity index (χ2n) is 5.28. The molecule has 2 nitrogen and oxygen atoms in total. The average Bonchev–Trinajstić information content (AvgIpc) is 2.28. The van der Waals surface area contributed by atoms with Gasteiger partial charge in [0.2, 0.25) is 0 Å². The van der Waals surface area contributed by atoms with Gasteiger partial charge < -0.3 is 10.5 Å². The van der Waals surface area contributed by atoms with E-state index in [2.05, 4.69) is 19.9 Å². The maximum Gasteiger partial charge on any atom is 0.138 e. The number of benzene rings is 1. The fourth-order valence-corrected chi connectivity index (χ4v) is 2.40. The zero-order chi connectivity index (χ0) is 13.7. The van der Waals surface area contributed by atoms with Crippen LogP contribution in [0.15, 0.2) is 18.2 Å². The average molecular weight is 270 g/mol. The molecule has 0 saturated heterocycles. The fraction of sp³-hybridized carbons (Fsp3) is 0.600. The molecule has 102 valence electrons. The summed E-state index contributed by atoms with van der Waals surface area (Å²) in [6, 6.07) is 6.08. The van der Waals surface area contributed by atoms with Gasteiger partial charge in [-0.15, -0.1) is 0 Å². The molecule has 0 radical (unpaired) electrons. The molecule has 0 aliphatic rings. The van der Waals surface area contributed by atoms with Gasteiger partial charge in [-0.2, -0.15) is 0 Å². The molecule has 0 saturated carbocycles. The molecule has 0 amide bonds. The van der Waals surface area contributed by atoms with Crippen molar-refractivity contribution >= 4 is 11.6 Å². The highest BCUT2D eigenvalue weighted by atomic mass is 35.5. The van der Waals surface area contributed by atoms with E-state index in [-0.39, 0.29) is 6.10 Å². The largest absolute Gasteiger partial charge is 0.489 e. The van der Waals surface area contributed by atoms with E-state index in [9.17, 15) is 0 Å². The minimum absolute atomic E-state index is 0.137. The van der Waals surface area contributed by atoms with Crippen LogP contribution >= 0.6 is 11.6 Å². The van der Waals surface area contributed by atoms with Crippen LogP contribution in [0.4, 0.5) is 0 Å². The zero-order valence-electron chi connectivity index (χ0n) is 11.7. The van der Waals surface area contributed by atoms with Crippen LogP contribution in [-0.4, -0.2) is 12.6 Å². The van der Waals surface area contributed by atoms with Crippen LogP contribution in [0.2, 0.25) is 5.02 Å². The van der Waals surface area contributed by atoms with Crippen molar-refractivity contribution in [3.05, 3.63) is 28.8 Å². The first-order chi connectivity index (χ1) is 8.45. The number of ether oxygens (including phenoxy) is 1. The molecule has 1 atom stereocenters. The zero-order valence-corrected chi connectivity index (χ0v) is 12.5. The molecule has 0 bridgehead atoms. The molecule has 1 unspecified atom stereocenters. The molecule has 2 N–H and O–H groups in total. The first kappa shape index (κ1) is 15.3. The van der Waals surface area contributed by atoms with Crippen LogP contribution in [0.3, 0.4) is 0 Å². The van der Waals surface area contributed by atoms with Gasteiger partial charge in [0.1, 0.15) is 5.75 Å². The molecule has 0 aromatic heterocycles. The van der Waals surface area contributed by atoms with Crippen molar-refractivity contribution in [1.29, 1.82) is 0 Å². The summed E-state index contributed by atoms with van der Waals surface area (Å²) in [7, 11) is 0. The Bertz CT molecular complexity index is 377. The molecule has 0 fully saturated rings. The van der Waals surface area contributed by atoms with Gasteiger partial charge in [0, 0.05) is 0 Å². The lowest BCUT2D eigenvalue weighted by Crippen LogP contribution is -2.13. The monoisotopic (exact) mass is 269 g/mol. The summed E-state index contributed by atoms with van der Waals surface area (Å²) in [5.74, 6) is 1.77. The highest BCUT2D eigenvalue weighted by Crippen LogP contribution is 2.33. The highest BCUT2D eigenvalue weighted by Gasteiger charge is 2.16. The van der Waals surface area contributed by atoms with Crippen LogP contribution in [0.1, 0.15) is 45.6 Å². The van der Waals surface area contributed by atoms with Gasteiger partial charge in [0.15, 0.2) is 0 Å². The highest BCUT2D eigenvalue weighted by molar-refractivity contribution is 6.32. The van der Waals surface area contributed by atoms with Crippen molar-refractivity contribution in [3.8, 4) is 5.75 Å². The smallest absolute Gasteiger partial charge is 0.138 e. The minimum Gasteiger partial charge on any atom is -0.489 e. The van der Waals surface area contributed by atoms with Crippen molar-refractivity contribution in [3.63, 3.8) is 0 Å². The van der Waals surface area contributed by atoms with E-state index in [1.54, 1.807) is 0 Å². The molecule has 18 heavy (non-hydrogen) atoms. The molecule has 0 spiro atoms. The van der Waals surface area contributed by atoms with Crippen LogP contribution in [0.25, 0.3) is 0 Å². The minimum atomic E-state index is 0.137. The first-order valence-corrected chi connectivity index (χ1v) is 6.99. The van der Waals surface area contributed by atoms with E-state index in [0.29, 0.717) is 23.4 Å². The third-order valence-corrected chi connectivity index (χ3v) is 3.32. The fourth-order valence-electron chi connectivity index (χ4n) is 2.16. The van der Waals surface area contributed by atoms with Gasteiger partial charge in [-0.1, -0.05) is 31.5 Å². The van der Waals surface area contributed by atoms with E-state index < -0.39 is 0 Å². The van der Waals surface area contributed by atoms with Crippen molar-refractivity contribution in [2.45, 2.75) is 46.1 Å². The third-order valence-electron chi connectivity index (χ3n) is 3.03. The van der Waals surface area contributed by atoms with Crippen molar-refractivity contribution in [2.24, 2.45) is 11.7 Å². The van der Waals surface area contributed by atoms with Gasteiger partial charge in [-0.05, 0) is 56.3 Å². The number of nitrogens with two attached hydrogens (primary N) is 1. The van der Waals surface area contributed by atoms with Gasteiger partial charge in [0.25, 0.3) is 0 Å². The Hall–Kier alpha value is -0.730. The lowest BCUT2D eigenvalue weighted by Gasteiger charge is -2.22. The quantitative estimate of drug-likeness (QED) is 0.839. The molecule has 1 aromatic carbocycles. The maximum atomic E-state index is 6.27. The van der Waals surface area contributed by atoms with Crippen LogP contribution in [0, 0.1) is 5.92 Å². The van der Waals surface area contributed by atoms with Crippen molar-refractivity contribution in [1.82, 2.24) is 0 Å². The Labute approximate surface area is 115 Å². The van der Waals surface area contributed by atoms with Gasteiger partial charge >= 0.3 is 0 Å². The Morgan fingerprint density at radius 3 is 2.33 bits per heavy atom. The number of hydrogen-bond donors (Lipinski definition) is 1. The molecule has 3 heteroatoms. The molecule has 1 rings (SSSR count). The first-order valence-electron chi connectivity index (χ1n) is 6.61. The van der Waals surface area contributed by atoms with Gasteiger partial charge in [0.05, 0.1) is 11.1 Å². The van der Waals surface area contributed by atoms with Crippen LogP contribution in [-0.2, 0) is 0 Å². The Balaban J connectivity index is 2.94. The molecule has 0 heterocycles. The summed E-state index contributed by atoms with van der Waals surface area (Å²) in [5, 5.41) is 0.684. The Kier molecular flexibility index (Phi) is 5.97. The SMILES string of the molecule is CC(C)Oc1ccc(C(CCN)C(C)C)cc1Cl. The molecular weight excluding hydrogens is 246 g/mol. The molecule has 0 aliphatic carbocycles. The van der Waals surface area contributed by atoms with E-state index in [1.807, 2.05) is 26.0 Å². The summed E-state index contributed by atoms with van der Waals surface area (Å²) in [6.45, 7) is 9.12. The lowest BCUT2D eigenvalue weighted by atomic mass is 9.86. The summed E-state index contributed by atoms with van der Waals surface area (Å²) in [6.07, 6.45) is 1.12. The maximum absolute atomic E-state index is 6.27. The summed E-state index contributed by atoms with van der Waals surface area (Å²) < 4.78 is 5.64. The molecule has 0 aliphatic heterocycles. The Morgan fingerprint density at radius 1 is 1.22 bits per heavy atom. The summed E-state index contributed by atoms with van der Waals surface area (Å²) in [5.41, 5.74) is 6.93. The third kappa shape index (κ3) is 4.18.